The molecule has 1 saturated carbocycles. The molecule has 10 nitrogen and oxygen atoms in total. The number of nitrogens with one attached hydrogen (secondary N) is 3. The summed E-state index contributed by atoms with van der Waals surface area (Å²) in [7, 11) is 5.46. The average molecular weight is 541 g/mol. The van der Waals surface area contributed by atoms with Crippen molar-refractivity contribution in [1.29, 1.82) is 0 Å². The molecular weight excluding hydrogens is 508 g/mol. The first-order chi connectivity index (χ1) is 18.1. The number of carbonyl (C=O) groups is 4. The number of benzene rings is 1. The standard InChI is InChI=1S/C27H33ClN6O4/c1-33(2)27(38)18-6-8-21(30-25(36)26(37)32-23-9-7-20(28)14-29-23)22(13-18)31-24(35)17-4-5-19-15-34(3)11-10-16(19)12-17/h4-5,7,9,12,14,18,21-22H,6,8,10-11,13,15H2,1-3H3,(H,30,36)(H,31,35)(H,29,32,37)/t18-,21-,22+/m0/s1. The van der Waals surface area contributed by atoms with E-state index in [0.717, 1.165) is 25.1 Å². The van der Waals surface area contributed by atoms with Crippen LogP contribution >= 0.6 is 11.6 Å². The number of likely N-dealkylation sites (N-methyl/N-ethyl adjacent to an activating group) is 1. The topological polar surface area (TPSA) is 124 Å². The van der Waals surface area contributed by atoms with Gasteiger partial charge in [-0.25, -0.2) is 4.98 Å². The normalized spacial score (nSPS) is 21.1. The first-order valence-electron chi connectivity index (χ1n) is 12.7. The van der Waals surface area contributed by atoms with Crippen molar-refractivity contribution >= 4 is 41.0 Å². The van der Waals surface area contributed by atoms with Crippen LogP contribution in [-0.4, -0.2) is 78.2 Å². The van der Waals surface area contributed by atoms with Crippen molar-refractivity contribution in [3.63, 3.8) is 0 Å². The van der Waals surface area contributed by atoms with Crippen LogP contribution in [0.4, 0.5) is 5.82 Å². The summed E-state index contributed by atoms with van der Waals surface area (Å²) in [6.07, 6.45) is 3.55. The SMILES string of the molecule is CN1CCc2cc(C(=O)N[C@@H]3C[C@@H](C(=O)N(C)C)CC[C@@H]3NC(=O)C(=O)Nc3ccc(Cl)cn3)ccc2C1. The Morgan fingerprint density at radius 1 is 1.00 bits per heavy atom. The highest BCUT2D eigenvalue weighted by Crippen LogP contribution is 2.27. The third-order valence-corrected chi connectivity index (χ3v) is 7.34. The van der Waals surface area contributed by atoms with Gasteiger partial charge in [0.2, 0.25) is 5.91 Å². The number of pyridine rings is 1. The monoisotopic (exact) mass is 540 g/mol. The summed E-state index contributed by atoms with van der Waals surface area (Å²) >= 11 is 5.82. The van der Waals surface area contributed by atoms with Crippen LogP contribution in [0.2, 0.25) is 5.02 Å². The van der Waals surface area contributed by atoms with Crippen molar-refractivity contribution < 1.29 is 19.2 Å². The summed E-state index contributed by atoms with van der Waals surface area (Å²) in [6.45, 7) is 1.77. The van der Waals surface area contributed by atoms with Gasteiger partial charge < -0.3 is 25.8 Å². The number of amides is 4. The highest BCUT2D eigenvalue weighted by Gasteiger charge is 2.37. The Bertz CT molecular complexity index is 1220. The molecule has 11 heteroatoms. The van der Waals surface area contributed by atoms with Gasteiger partial charge in [0.15, 0.2) is 0 Å². The predicted molar refractivity (Wildman–Crippen MR) is 144 cm³/mol. The summed E-state index contributed by atoms with van der Waals surface area (Å²) in [4.78, 5) is 58.9. The van der Waals surface area contributed by atoms with Crippen molar-refractivity contribution in [2.75, 3.05) is 33.0 Å². The molecule has 0 spiro atoms. The highest BCUT2D eigenvalue weighted by molar-refractivity contribution is 6.39. The van der Waals surface area contributed by atoms with Crippen LogP contribution in [0.3, 0.4) is 0 Å². The molecule has 2 aromatic rings. The van der Waals surface area contributed by atoms with Crippen molar-refractivity contribution in [2.45, 2.75) is 44.3 Å². The van der Waals surface area contributed by atoms with Gasteiger partial charge in [-0.3, -0.25) is 19.2 Å². The Labute approximate surface area is 227 Å². The molecule has 4 amide bonds. The van der Waals surface area contributed by atoms with E-state index in [4.69, 9.17) is 11.6 Å². The molecule has 1 aromatic carbocycles. The number of rotatable bonds is 5. The lowest BCUT2D eigenvalue weighted by Gasteiger charge is -2.37. The second-order valence-electron chi connectivity index (χ2n) is 10.2. The number of nitrogens with zero attached hydrogens (tertiary/aromatic N) is 3. The van der Waals surface area contributed by atoms with Gasteiger partial charge in [-0.2, -0.15) is 0 Å². The van der Waals surface area contributed by atoms with E-state index in [0.29, 0.717) is 29.8 Å². The molecule has 3 N–H and O–H groups in total. The quantitative estimate of drug-likeness (QED) is 0.497. The average Bonchev–Trinajstić information content (AvgIpc) is 2.89. The van der Waals surface area contributed by atoms with Gasteiger partial charge in [0.05, 0.1) is 11.1 Å². The fourth-order valence-electron chi connectivity index (χ4n) is 5.04. The van der Waals surface area contributed by atoms with E-state index in [1.54, 1.807) is 26.2 Å². The number of hydrogen-bond acceptors (Lipinski definition) is 6. The minimum absolute atomic E-state index is 0.0292. The summed E-state index contributed by atoms with van der Waals surface area (Å²) in [5.41, 5.74) is 2.89. The molecular formula is C27H33ClN6O4. The molecule has 2 aliphatic rings. The Balaban J connectivity index is 1.46. The van der Waals surface area contributed by atoms with E-state index in [9.17, 15) is 19.2 Å². The predicted octanol–water partition coefficient (Wildman–Crippen LogP) is 1.83. The summed E-state index contributed by atoms with van der Waals surface area (Å²) < 4.78 is 0. The summed E-state index contributed by atoms with van der Waals surface area (Å²) in [5, 5.41) is 8.63. The van der Waals surface area contributed by atoms with Crippen LogP contribution in [0.5, 0.6) is 0 Å². The van der Waals surface area contributed by atoms with Crippen LogP contribution < -0.4 is 16.0 Å². The number of aromatic nitrogens is 1. The fourth-order valence-corrected chi connectivity index (χ4v) is 5.15. The van der Waals surface area contributed by atoms with Gasteiger partial charge in [0, 0.05) is 50.9 Å². The molecule has 0 radical (unpaired) electrons. The van der Waals surface area contributed by atoms with Gasteiger partial charge in [0.25, 0.3) is 5.91 Å². The first-order valence-corrected chi connectivity index (χ1v) is 13.0. The van der Waals surface area contributed by atoms with Gasteiger partial charge >= 0.3 is 11.8 Å². The third kappa shape index (κ3) is 6.68. The second-order valence-corrected chi connectivity index (χ2v) is 10.6. The number of carbonyl (C=O) groups excluding carboxylic acids is 4. The molecule has 202 valence electrons. The maximum Gasteiger partial charge on any atom is 0.314 e. The lowest BCUT2D eigenvalue weighted by atomic mass is 9.81. The van der Waals surface area contributed by atoms with Crippen LogP contribution in [-0.2, 0) is 27.3 Å². The zero-order valence-corrected chi connectivity index (χ0v) is 22.5. The number of fused-ring (bicyclic) bond motifs is 1. The van der Waals surface area contributed by atoms with Gasteiger partial charge in [-0.05, 0) is 68.1 Å². The Hall–Kier alpha value is -3.50. The molecule has 1 fully saturated rings. The van der Waals surface area contributed by atoms with Gasteiger partial charge in [-0.15, -0.1) is 0 Å². The maximum absolute atomic E-state index is 13.3. The zero-order chi connectivity index (χ0) is 27.4. The van der Waals surface area contributed by atoms with E-state index in [1.165, 1.54) is 22.7 Å². The molecule has 0 unspecified atom stereocenters. The van der Waals surface area contributed by atoms with Crippen molar-refractivity contribution in [1.82, 2.24) is 25.4 Å². The Morgan fingerprint density at radius 2 is 1.79 bits per heavy atom. The van der Waals surface area contributed by atoms with Crippen LogP contribution in [0.25, 0.3) is 0 Å². The molecule has 2 heterocycles. The molecule has 0 saturated heterocycles. The Morgan fingerprint density at radius 3 is 2.50 bits per heavy atom. The largest absolute Gasteiger partial charge is 0.349 e. The van der Waals surface area contributed by atoms with E-state index >= 15 is 0 Å². The smallest absolute Gasteiger partial charge is 0.314 e. The lowest BCUT2D eigenvalue weighted by molar-refractivity contribution is -0.137. The van der Waals surface area contributed by atoms with Crippen LogP contribution in [0.15, 0.2) is 36.5 Å². The zero-order valence-electron chi connectivity index (χ0n) is 21.8. The van der Waals surface area contributed by atoms with Crippen molar-refractivity contribution in [2.24, 2.45) is 5.92 Å². The van der Waals surface area contributed by atoms with Crippen LogP contribution in [0, 0.1) is 5.92 Å². The molecule has 1 aromatic heterocycles. The second kappa shape index (κ2) is 11.9. The number of anilines is 1. The fraction of sp³-hybridized carbons (Fsp3) is 0.444. The van der Waals surface area contributed by atoms with E-state index in [1.807, 2.05) is 12.1 Å². The van der Waals surface area contributed by atoms with Crippen molar-refractivity contribution in [3.05, 3.63) is 58.2 Å². The lowest BCUT2D eigenvalue weighted by Crippen LogP contribution is -2.57. The summed E-state index contributed by atoms with van der Waals surface area (Å²) in [6, 6.07) is 7.70. The molecule has 4 rings (SSSR count). The van der Waals surface area contributed by atoms with E-state index < -0.39 is 23.9 Å². The molecule has 38 heavy (non-hydrogen) atoms. The van der Waals surface area contributed by atoms with E-state index in [-0.39, 0.29) is 23.6 Å². The number of hydrogen-bond donors (Lipinski definition) is 3. The third-order valence-electron chi connectivity index (χ3n) is 7.12. The molecule has 1 aliphatic heterocycles. The highest BCUT2D eigenvalue weighted by atomic mass is 35.5. The van der Waals surface area contributed by atoms with Gasteiger partial charge in [-0.1, -0.05) is 17.7 Å². The molecule has 0 bridgehead atoms. The molecule has 3 atom stereocenters. The summed E-state index contributed by atoms with van der Waals surface area (Å²) in [5.74, 6) is -2.13. The van der Waals surface area contributed by atoms with E-state index in [2.05, 4.69) is 32.9 Å². The maximum atomic E-state index is 13.3. The van der Waals surface area contributed by atoms with Crippen LogP contribution in [0.1, 0.15) is 40.7 Å². The van der Waals surface area contributed by atoms with Crippen molar-refractivity contribution in [3.8, 4) is 0 Å². The minimum Gasteiger partial charge on any atom is -0.349 e. The molecule has 1 aliphatic carbocycles. The van der Waals surface area contributed by atoms with Gasteiger partial charge in [0.1, 0.15) is 5.82 Å². The Kier molecular flexibility index (Phi) is 8.63. The number of halogens is 1. The first kappa shape index (κ1) is 27.5. The minimum atomic E-state index is -0.879.